The van der Waals surface area contributed by atoms with Crippen molar-refractivity contribution >= 4 is 34.9 Å². The Bertz CT molecular complexity index is 1080. The van der Waals surface area contributed by atoms with Crippen LogP contribution in [0.4, 0.5) is 17.3 Å². The van der Waals surface area contributed by atoms with Crippen LogP contribution in [0.15, 0.2) is 66.7 Å². The molecule has 4 aromatic rings. The summed E-state index contributed by atoms with van der Waals surface area (Å²) < 4.78 is 10.7. The van der Waals surface area contributed by atoms with E-state index in [9.17, 15) is 0 Å². The lowest BCUT2D eigenvalue weighted by Crippen LogP contribution is -1.97. The number of benzene rings is 2. The second kappa shape index (κ2) is 8.87. The fraction of sp³-hybridized carbons (Fsp3) is 0.182. The number of anilines is 3. The van der Waals surface area contributed by atoms with Crippen molar-refractivity contribution in [3.63, 3.8) is 0 Å². The molecule has 0 spiro atoms. The van der Waals surface area contributed by atoms with Crippen LogP contribution in [0, 0.1) is 0 Å². The quantitative estimate of drug-likeness (QED) is 0.371. The summed E-state index contributed by atoms with van der Waals surface area (Å²) >= 11 is 1.57. The summed E-state index contributed by atoms with van der Waals surface area (Å²) in [4.78, 5) is 4.61. The van der Waals surface area contributed by atoms with Gasteiger partial charge in [0, 0.05) is 23.2 Å². The minimum absolute atomic E-state index is 0.556. The minimum atomic E-state index is 0.556. The molecule has 2 N–H and O–H groups in total. The van der Waals surface area contributed by atoms with E-state index < -0.39 is 0 Å². The number of aromatic nitrogens is 3. The molecular weight excluding hydrogens is 382 g/mol. The Labute approximate surface area is 174 Å². The molecule has 6 nitrogen and oxygen atoms in total. The highest BCUT2D eigenvalue weighted by atomic mass is 32.2. The van der Waals surface area contributed by atoms with E-state index in [0.29, 0.717) is 5.95 Å². The zero-order valence-corrected chi connectivity index (χ0v) is 17.2. The molecule has 0 bridgehead atoms. The number of pyridine rings is 1. The standard InChI is InChI=1S/C22H23N5OS/c1-3-15-28-19-13-11-17(12-14-19)23-22-24-21-6-4-5-20(27(21)25-22)16-7-9-18(10-8-16)26-29-2/h4-14,26H,3,15H2,1-2H3,(H,23,25). The van der Waals surface area contributed by atoms with Gasteiger partial charge in [0.1, 0.15) is 5.75 Å². The monoisotopic (exact) mass is 405 g/mol. The van der Waals surface area contributed by atoms with E-state index >= 15 is 0 Å². The van der Waals surface area contributed by atoms with Gasteiger partial charge in [-0.2, -0.15) is 4.98 Å². The molecule has 7 heteroatoms. The molecule has 148 valence electrons. The lowest BCUT2D eigenvalue weighted by atomic mass is 10.1. The van der Waals surface area contributed by atoms with E-state index in [1.807, 2.05) is 53.2 Å². The summed E-state index contributed by atoms with van der Waals surface area (Å²) in [6.07, 6.45) is 2.99. The maximum Gasteiger partial charge on any atom is 0.247 e. The largest absolute Gasteiger partial charge is 0.494 e. The van der Waals surface area contributed by atoms with Gasteiger partial charge >= 0.3 is 0 Å². The van der Waals surface area contributed by atoms with Gasteiger partial charge in [-0.25, -0.2) is 4.52 Å². The van der Waals surface area contributed by atoms with Gasteiger partial charge in [0.2, 0.25) is 5.95 Å². The van der Waals surface area contributed by atoms with Crippen LogP contribution < -0.4 is 14.8 Å². The molecule has 0 unspecified atom stereocenters. The van der Waals surface area contributed by atoms with E-state index in [2.05, 4.69) is 51.3 Å². The highest BCUT2D eigenvalue weighted by Crippen LogP contribution is 2.24. The normalized spacial score (nSPS) is 10.8. The van der Waals surface area contributed by atoms with Crippen LogP contribution >= 0.6 is 11.9 Å². The van der Waals surface area contributed by atoms with Gasteiger partial charge in [-0.15, -0.1) is 5.10 Å². The molecule has 0 amide bonds. The first-order valence-electron chi connectivity index (χ1n) is 9.52. The molecule has 29 heavy (non-hydrogen) atoms. The Morgan fingerprint density at radius 3 is 2.45 bits per heavy atom. The van der Waals surface area contributed by atoms with Crippen molar-refractivity contribution in [2.24, 2.45) is 0 Å². The average Bonchev–Trinajstić information content (AvgIpc) is 3.16. The fourth-order valence-corrected chi connectivity index (χ4v) is 3.36. The van der Waals surface area contributed by atoms with E-state index in [1.54, 1.807) is 11.9 Å². The summed E-state index contributed by atoms with van der Waals surface area (Å²) in [6, 6.07) is 22.1. The van der Waals surface area contributed by atoms with Crippen molar-refractivity contribution in [3.8, 4) is 17.0 Å². The SMILES string of the molecule is CCCOc1ccc(Nc2nc3cccc(-c4ccc(NSC)cc4)n3n2)cc1. The van der Waals surface area contributed by atoms with Crippen LogP contribution in [-0.4, -0.2) is 27.5 Å². The minimum Gasteiger partial charge on any atom is -0.494 e. The highest BCUT2D eigenvalue weighted by molar-refractivity contribution is 7.99. The molecule has 0 saturated heterocycles. The van der Waals surface area contributed by atoms with Crippen LogP contribution in [0.1, 0.15) is 13.3 Å². The van der Waals surface area contributed by atoms with Crippen molar-refractivity contribution in [2.75, 3.05) is 22.9 Å². The number of nitrogens with zero attached hydrogens (tertiary/aromatic N) is 3. The van der Waals surface area contributed by atoms with Crippen molar-refractivity contribution in [1.29, 1.82) is 0 Å². The fourth-order valence-electron chi connectivity index (χ4n) is 2.99. The van der Waals surface area contributed by atoms with Crippen LogP contribution in [0.25, 0.3) is 16.9 Å². The first kappa shape index (κ1) is 19.1. The van der Waals surface area contributed by atoms with Crippen molar-refractivity contribution in [2.45, 2.75) is 13.3 Å². The molecule has 2 aromatic carbocycles. The first-order chi connectivity index (χ1) is 14.3. The van der Waals surface area contributed by atoms with E-state index in [1.165, 1.54) is 0 Å². The van der Waals surface area contributed by atoms with Gasteiger partial charge in [-0.3, -0.25) is 0 Å². The van der Waals surface area contributed by atoms with Gasteiger partial charge in [-0.05, 0) is 55.0 Å². The van der Waals surface area contributed by atoms with Crippen LogP contribution in [0.3, 0.4) is 0 Å². The lowest BCUT2D eigenvalue weighted by molar-refractivity contribution is 0.317. The Kier molecular flexibility index (Phi) is 5.86. The third-order valence-electron chi connectivity index (χ3n) is 4.34. The molecule has 0 atom stereocenters. The summed E-state index contributed by atoms with van der Waals surface area (Å²) in [5, 5.41) is 7.93. The smallest absolute Gasteiger partial charge is 0.247 e. The number of fused-ring (bicyclic) bond motifs is 1. The van der Waals surface area contributed by atoms with Gasteiger partial charge in [0.25, 0.3) is 0 Å². The molecule has 4 rings (SSSR count). The number of rotatable bonds is 8. The second-order valence-corrected chi connectivity index (χ2v) is 7.11. The Morgan fingerprint density at radius 2 is 1.72 bits per heavy atom. The molecule has 0 radical (unpaired) electrons. The number of ether oxygens (including phenoxy) is 1. The molecule has 0 aliphatic heterocycles. The Morgan fingerprint density at radius 1 is 0.966 bits per heavy atom. The first-order valence-corrected chi connectivity index (χ1v) is 10.7. The van der Waals surface area contributed by atoms with Gasteiger partial charge < -0.3 is 14.8 Å². The van der Waals surface area contributed by atoms with Crippen molar-refractivity contribution in [1.82, 2.24) is 14.6 Å². The predicted octanol–water partition coefficient (Wildman–Crippen LogP) is 5.62. The van der Waals surface area contributed by atoms with Crippen molar-refractivity contribution in [3.05, 3.63) is 66.7 Å². The molecule has 0 saturated carbocycles. The summed E-state index contributed by atoms with van der Waals surface area (Å²) in [7, 11) is 0. The average molecular weight is 406 g/mol. The third kappa shape index (κ3) is 4.46. The van der Waals surface area contributed by atoms with E-state index in [-0.39, 0.29) is 0 Å². The maximum absolute atomic E-state index is 5.63. The third-order valence-corrected chi connectivity index (χ3v) is 4.78. The van der Waals surface area contributed by atoms with Crippen LogP contribution in [0.5, 0.6) is 5.75 Å². The molecule has 0 aliphatic rings. The van der Waals surface area contributed by atoms with E-state index in [0.717, 1.165) is 47.1 Å². The molecule has 2 aromatic heterocycles. The van der Waals surface area contributed by atoms with Crippen LogP contribution in [-0.2, 0) is 0 Å². The van der Waals surface area contributed by atoms with Crippen LogP contribution in [0.2, 0.25) is 0 Å². The van der Waals surface area contributed by atoms with Crippen molar-refractivity contribution < 1.29 is 4.74 Å². The predicted molar refractivity (Wildman–Crippen MR) is 121 cm³/mol. The summed E-state index contributed by atoms with van der Waals surface area (Å²) in [5.74, 6) is 1.42. The number of hydrogen-bond donors (Lipinski definition) is 2. The summed E-state index contributed by atoms with van der Waals surface area (Å²) in [6.45, 7) is 2.81. The van der Waals surface area contributed by atoms with Gasteiger partial charge in [0.15, 0.2) is 5.65 Å². The number of nitrogens with one attached hydrogen (secondary N) is 2. The topological polar surface area (TPSA) is 63.5 Å². The lowest BCUT2D eigenvalue weighted by Gasteiger charge is -2.07. The van der Waals surface area contributed by atoms with Gasteiger partial charge in [-0.1, -0.05) is 37.1 Å². The Hall–Kier alpha value is -3.19. The number of hydrogen-bond acceptors (Lipinski definition) is 6. The Balaban J connectivity index is 1.57. The summed E-state index contributed by atoms with van der Waals surface area (Å²) in [5.41, 5.74) is 4.84. The van der Waals surface area contributed by atoms with E-state index in [4.69, 9.17) is 4.74 Å². The van der Waals surface area contributed by atoms with Gasteiger partial charge in [0.05, 0.1) is 12.3 Å². The second-order valence-electron chi connectivity index (χ2n) is 6.50. The molecule has 0 fully saturated rings. The zero-order chi connectivity index (χ0) is 20.1. The molecule has 2 heterocycles. The molecule has 0 aliphatic carbocycles. The maximum atomic E-state index is 5.63. The highest BCUT2D eigenvalue weighted by Gasteiger charge is 2.09. The molecular formula is C22H23N5OS. The zero-order valence-electron chi connectivity index (χ0n) is 16.4.